The van der Waals surface area contributed by atoms with E-state index in [2.05, 4.69) is 15.2 Å². The second-order valence-electron chi connectivity index (χ2n) is 5.10. The molecule has 0 saturated heterocycles. The molecule has 1 amide bonds. The Balaban J connectivity index is 1.99. The highest BCUT2D eigenvalue weighted by Gasteiger charge is 2.20. The van der Waals surface area contributed by atoms with Crippen LogP contribution in [0.3, 0.4) is 0 Å². The first-order chi connectivity index (χ1) is 12.0. The third-order valence-electron chi connectivity index (χ3n) is 3.51. The van der Waals surface area contributed by atoms with Crippen molar-refractivity contribution in [1.29, 1.82) is 5.26 Å². The summed E-state index contributed by atoms with van der Waals surface area (Å²) in [6.07, 6.45) is 0. The fourth-order valence-corrected chi connectivity index (χ4v) is 2.30. The zero-order chi connectivity index (χ0) is 18.0. The molecule has 0 aliphatic rings. The van der Waals surface area contributed by atoms with Crippen LogP contribution < -0.4 is 11.1 Å². The van der Waals surface area contributed by atoms with Crippen molar-refractivity contribution in [2.75, 3.05) is 18.2 Å². The van der Waals surface area contributed by atoms with Crippen LogP contribution in [0.25, 0.3) is 11.0 Å². The molecule has 3 rings (SSSR count). The number of nitrogens with zero attached hydrogens (tertiary/aromatic N) is 2. The molecule has 0 bridgehead atoms. The fourth-order valence-electron chi connectivity index (χ4n) is 2.30. The normalized spacial score (nSPS) is 10.2. The fraction of sp³-hybridized carbons (Fsp3) is 0.0588. The molecule has 0 unspecified atom stereocenters. The number of anilines is 2. The number of aromatic nitrogens is 1. The van der Waals surface area contributed by atoms with Gasteiger partial charge in [0.05, 0.1) is 35.4 Å². The molecule has 1 aromatic heterocycles. The average molecular weight is 336 g/mol. The molecule has 3 N–H and O–H groups in total. The van der Waals surface area contributed by atoms with Crippen LogP contribution >= 0.6 is 0 Å². The molecule has 1 heterocycles. The molecule has 3 aromatic rings. The number of nitrogens with two attached hydrogens (primary N) is 1. The molecular formula is C17H12N4O4. The largest absolute Gasteiger partial charge is 0.465 e. The van der Waals surface area contributed by atoms with E-state index in [0.29, 0.717) is 16.7 Å². The van der Waals surface area contributed by atoms with Gasteiger partial charge >= 0.3 is 5.97 Å². The highest BCUT2D eigenvalue weighted by atomic mass is 16.5. The molecule has 8 nitrogen and oxygen atoms in total. The number of benzene rings is 2. The number of methoxy groups -OCH3 is 1. The Labute approximate surface area is 141 Å². The van der Waals surface area contributed by atoms with Crippen molar-refractivity contribution in [1.82, 2.24) is 5.16 Å². The van der Waals surface area contributed by atoms with Crippen LogP contribution in [0.2, 0.25) is 0 Å². The minimum absolute atomic E-state index is 0.0301. The van der Waals surface area contributed by atoms with Crippen LogP contribution in [-0.4, -0.2) is 24.1 Å². The second-order valence-corrected chi connectivity index (χ2v) is 5.10. The molecule has 0 aliphatic carbocycles. The van der Waals surface area contributed by atoms with Crippen LogP contribution in [0.1, 0.15) is 26.4 Å². The minimum Gasteiger partial charge on any atom is -0.465 e. The summed E-state index contributed by atoms with van der Waals surface area (Å²) in [5.41, 5.74) is 7.13. The molecular weight excluding hydrogens is 324 g/mol. The number of carbonyl (C=O) groups excluding carboxylic acids is 2. The Bertz CT molecular complexity index is 1030. The topological polar surface area (TPSA) is 131 Å². The highest BCUT2D eigenvalue weighted by Crippen LogP contribution is 2.24. The number of nitrogen functional groups attached to an aromatic ring is 1. The SMILES string of the molecule is COC(=O)c1cc(C#N)ccc1NC(=O)c1noc2ccc(N)cc12. The van der Waals surface area contributed by atoms with E-state index in [-0.39, 0.29) is 22.5 Å². The summed E-state index contributed by atoms with van der Waals surface area (Å²) < 4.78 is 9.78. The zero-order valence-electron chi connectivity index (χ0n) is 13.1. The van der Waals surface area contributed by atoms with Gasteiger partial charge in [-0.1, -0.05) is 5.16 Å². The molecule has 25 heavy (non-hydrogen) atoms. The Morgan fingerprint density at radius 1 is 1.28 bits per heavy atom. The van der Waals surface area contributed by atoms with E-state index in [1.165, 1.54) is 25.3 Å². The van der Waals surface area contributed by atoms with E-state index in [1.807, 2.05) is 6.07 Å². The lowest BCUT2D eigenvalue weighted by atomic mass is 10.1. The van der Waals surface area contributed by atoms with Gasteiger partial charge in [0.25, 0.3) is 5.91 Å². The van der Waals surface area contributed by atoms with Crippen LogP contribution in [0.15, 0.2) is 40.9 Å². The van der Waals surface area contributed by atoms with Crippen LogP contribution in [0.4, 0.5) is 11.4 Å². The second kappa shape index (κ2) is 6.33. The first kappa shape index (κ1) is 16.0. The van der Waals surface area contributed by atoms with Gasteiger partial charge in [0.1, 0.15) is 0 Å². The van der Waals surface area contributed by atoms with Gasteiger partial charge in [-0.05, 0) is 36.4 Å². The average Bonchev–Trinajstić information content (AvgIpc) is 3.04. The van der Waals surface area contributed by atoms with E-state index < -0.39 is 11.9 Å². The van der Waals surface area contributed by atoms with Crippen LogP contribution in [0.5, 0.6) is 0 Å². The van der Waals surface area contributed by atoms with E-state index >= 15 is 0 Å². The number of esters is 1. The Kier molecular flexibility index (Phi) is 4.05. The number of rotatable bonds is 3. The van der Waals surface area contributed by atoms with Gasteiger partial charge in [0.15, 0.2) is 11.3 Å². The van der Waals surface area contributed by atoms with Gasteiger partial charge in [-0.25, -0.2) is 4.79 Å². The quantitative estimate of drug-likeness (QED) is 0.554. The van der Waals surface area contributed by atoms with E-state index in [4.69, 9.17) is 15.5 Å². The summed E-state index contributed by atoms with van der Waals surface area (Å²) in [5.74, 6) is -1.26. The van der Waals surface area contributed by atoms with Crippen molar-refractivity contribution in [3.05, 3.63) is 53.2 Å². The smallest absolute Gasteiger partial charge is 0.340 e. The number of nitriles is 1. The number of ether oxygens (including phenoxy) is 1. The van der Waals surface area contributed by atoms with Crippen molar-refractivity contribution in [3.8, 4) is 6.07 Å². The van der Waals surface area contributed by atoms with E-state index in [0.717, 1.165) is 0 Å². The van der Waals surface area contributed by atoms with Crippen molar-refractivity contribution >= 4 is 34.2 Å². The lowest BCUT2D eigenvalue weighted by Gasteiger charge is -2.09. The third-order valence-corrected chi connectivity index (χ3v) is 3.51. The summed E-state index contributed by atoms with van der Waals surface area (Å²) in [7, 11) is 1.21. The van der Waals surface area contributed by atoms with Crippen LogP contribution in [-0.2, 0) is 4.74 Å². The number of carbonyl (C=O) groups is 2. The molecule has 124 valence electrons. The number of hydrogen-bond acceptors (Lipinski definition) is 7. The molecule has 0 radical (unpaired) electrons. The summed E-state index contributed by atoms with van der Waals surface area (Å²) in [6, 6.07) is 11.0. The number of nitrogens with one attached hydrogen (secondary N) is 1. The monoisotopic (exact) mass is 336 g/mol. The molecule has 0 spiro atoms. The van der Waals surface area contributed by atoms with Crippen molar-refractivity contribution in [2.24, 2.45) is 0 Å². The number of amides is 1. The maximum atomic E-state index is 12.5. The van der Waals surface area contributed by atoms with Gasteiger partial charge in [-0.3, -0.25) is 4.79 Å². The predicted molar refractivity (Wildman–Crippen MR) is 88.9 cm³/mol. The minimum atomic E-state index is -0.679. The molecule has 0 atom stereocenters. The summed E-state index contributed by atoms with van der Waals surface area (Å²) in [4.78, 5) is 24.4. The van der Waals surface area contributed by atoms with Crippen molar-refractivity contribution in [3.63, 3.8) is 0 Å². The lowest BCUT2D eigenvalue weighted by Crippen LogP contribution is -2.16. The zero-order valence-corrected chi connectivity index (χ0v) is 13.1. The number of hydrogen-bond donors (Lipinski definition) is 2. The highest BCUT2D eigenvalue weighted by molar-refractivity contribution is 6.13. The first-order valence-corrected chi connectivity index (χ1v) is 7.12. The summed E-state index contributed by atoms with van der Waals surface area (Å²) >= 11 is 0. The van der Waals surface area contributed by atoms with Gasteiger partial charge in [-0.15, -0.1) is 0 Å². The first-order valence-electron chi connectivity index (χ1n) is 7.12. The maximum Gasteiger partial charge on any atom is 0.340 e. The Hall–Kier alpha value is -3.86. The maximum absolute atomic E-state index is 12.5. The lowest BCUT2D eigenvalue weighted by molar-refractivity contribution is 0.0602. The summed E-state index contributed by atoms with van der Waals surface area (Å²) in [5, 5.41) is 15.7. The van der Waals surface area contributed by atoms with Crippen LogP contribution in [0, 0.1) is 11.3 Å². The number of fused-ring (bicyclic) bond motifs is 1. The van der Waals surface area contributed by atoms with Gasteiger partial charge in [0, 0.05) is 5.69 Å². The van der Waals surface area contributed by atoms with E-state index in [9.17, 15) is 9.59 Å². The molecule has 0 aliphatic heterocycles. The Morgan fingerprint density at radius 2 is 2.08 bits per heavy atom. The summed E-state index contributed by atoms with van der Waals surface area (Å²) in [6.45, 7) is 0. The molecule has 0 saturated carbocycles. The van der Waals surface area contributed by atoms with Crippen molar-refractivity contribution in [2.45, 2.75) is 0 Å². The molecule has 8 heteroatoms. The molecule has 0 fully saturated rings. The Morgan fingerprint density at radius 3 is 2.80 bits per heavy atom. The van der Waals surface area contributed by atoms with Gasteiger partial charge in [-0.2, -0.15) is 5.26 Å². The standard InChI is InChI=1S/C17H12N4O4/c1-24-17(23)11-6-9(8-18)2-4-13(11)20-16(22)15-12-7-10(19)3-5-14(12)25-21-15/h2-7H,19H2,1H3,(H,20,22). The van der Waals surface area contributed by atoms with E-state index in [1.54, 1.807) is 18.2 Å². The van der Waals surface area contributed by atoms with Crippen molar-refractivity contribution < 1.29 is 18.8 Å². The van der Waals surface area contributed by atoms with Gasteiger partial charge in [0.2, 0.25) is 0 Å². The predicted octanol–water partition coefficient (Wildman–Crippen LogP) is 2.32. The molecule has 2 aromatic carbocycles. The van der Waals surface area contributed by atoms with Gasteiger partial charge < -0.3 is 20.3 Å². The third kappa shape index (κ3) is 2.98.